The highest BCUT2D eigenvalue weighted by atomic mass is 35.5. The first-order valence-corrected chi connectivity index (χ1v) is 7.00. The predicted molar refractivity (Wildman–Crippen MR) is 83.3 cm³/mol. The standard InChI is InChI=1S/C18H15Cl/c1-13-15-9-5-6-10-17(15)18(16(13)11-12-19)14-7-3-2-4-8-14/h2-10H,1,11-12H2. The lowest BCUT2D eigenvalue weighted by molar-refractivity contribution is 1.18. The van der Waals surface area contributed by atoms with Gasteiger partial charge in [0, 0.05) is 5.88 Å². The molecule has 0 saturated carbocycles. The number of benzene rings is 2. The number of allylic oxidation sites excluding steroid dienone is 2. The third kappa shape index (κ3) is 2.02. The van der Waals surface area contributed by atoms with E-state index in [1.165, 1.54) is 27.8 Å². The first-order valence-electron chi connectivity index (χ1n) is 6.46. The lowest BCUT2D eigenvalue weighted by atomic mass is 9.97. The van der Waals surface area contributed by atoms with E-state index in [1.54, 1.807) is 0 Å². The van der Waals surface area contributed by atoms with Gasteiger partial charge in [0.15, 0.2) is 0 Å². The molecule has 0 saturated heterocycles. The first-order chi connectivity index (χ1) is 9.33. The second kappa shape index (κ2) is 5.07. The maximum absolute atomic E-state index is 5.97. The molecule has 1 heteroatoms. The smallest absolute Gasteiger partial charge is 0.0264 e. The fourth-order valence-electron chi connectivity index (χ4n) is 2.75. The average molecular weight is 267 g/mol. The molecule has 94 valence electrons. The Labute approximate surface area is 119 Å². The van der Waals surface area contributed by atoms with E-state index in [0.717, 1.165) is 12.0 Å². The number of alkyl halides is 1. The summed E-state index contributed by atoms with van der Waals surface area (Å²) in [5.74, 6) is 0.624. The quantitative estimate of drug-likeness (QED) is 0.675. The van der Waals surface area contributed by atoms with Crippen molar-refractivity contribution in [2.45, 2.75) is 6.42 Å². The van der Waals surface area contributed by atoms with Gasteiger partial charge in [0.2, 0.25) is 0 Å². The third-order valence-electron chi connectivity index (χ3n) is 3.59. The number of hydrogen-bond acceptors (Lipinski definition) is 0. The van der Waals surface area contributed by atoms with Gasteiger partial charge in [-0.05, 0) is 39.8 Å². The van der Waals surface area contributed by atoms with Gasteiger partial charge in [-0.2, -0.15) is 0 Å². The zero-order valence-electron chi connectivity index (χ0n) is 10.7. The van der Waals surface area contributed by atoms with Crippen LogP contribution in [-0.4, -0.2) is 5.88 Å². The molecule has 0 atom stereocenters. The zero-order valence-corrected chi connectivity index (χ0v) is 11.5. The molecule has 0 nitrogen and oxygen atoms in total. The van der Waals surface area contributed by atoms with Crippen LogP contribution >= 0.6 is 11.6 Å². The summed E-state index contributed by atoms with van der Waals surface area (Å²) < 4.78 is 0. The molecular weight excluding hydrogens is 252 g/mol. The summed E-state index contributed by atoms with van der Waals surface area (Å²) in [5.41, 5.74) is 7.45. The Balaban J connectivity index is 2.24. The van der Waals surface area contributed by atoms with Crippen LogP contribution in [0.1, 0.15) is 23.1 Å². The van der Waals surface area contributed by atoms with Gasteiger partial charge in [0.25, 0.3) is 0 Å². The Morgan fingerprint density at radius 2 is 1.47 bits per heavy atom. The highest BCUT2D eigenvalue weighted by Gasteiger charge is 2.24. The summed E-state index contributed by atoms with van der Waals surface area (Å²) in [7, 11) is 0. The van der Waals surface area contributed by atoms with Crippen molar-refractivity contribution in [2.75, 3.05) is 5.88 Å². The van der Waals surface area contributed by atoms with Crippen LogP contribution in [0.3, 0.4) is 0 Å². The molecule has 0 bridgehead atoms. The number of fused-ring (bicyclic) bond motifs is 1. The summed E-state index contributed by atoms with van der Waals surface area (Å²) in [4.78, 5) is 0. The number of hydrogen-bond donors (Lipinski definition) is 0. The van der Waals surface area contributed by atoms with Crippen LogP contribution in [0.2, 0.25) is 0 Å². The molecule has 2 aromatic carbocycles. The highest BCUT2D eigenvalue weighted by molar-refractivity contribution is 6.18. The van der Waals surface area contributed by atoms with Crippen molar-refractivity contribution in [3.05, 3.63) is 83.4 Å². The Morgan fingerprint density at radius 3 is 2.16 bits per heavy atom. The minimum absolute atomic E-state index is 0.624. The van der Waals surface area contributed by atoms with E-state index in [9.17, 15) is 0 Å². The average Bonchev–Trinajstić information content (AvgIpc) is 2.74. The van der Waals surface area contributed by atoms with Gasteiger partial charge in [-0.15, -0.1) is 11.6 Å². The molecule has 2 aromatic rings. The Bertz CT molecular complexity index is 650. The fourth-order valence-corrected chi connectivity index (χ4v) is 2.93. The van der Waals surface area contributed by atoms with Crippen molar-refractivity contribution in [1.29, 1.82) is 0 Å². The highest BCUT2D eigenvalue weighted by Crippen LogP contribution is 2.44. The molecule has 0 N–H and O–H groups in total. The molecule has 0 heterocycles. The summed E-state index contributed by atoms with van der Waals surface area (Å²) >= 11 is 5.97. The maximum Gasteiger partial charge on any atom is 0.0264 e. The molecular formula is C18H15Cl. The van der Waals surface area contributed by atoms with Crippen LogP contribution < -0.4 is 0 Å². The summed E-state index contributed by atoms with van der Waals surface area (Å²) in [6.45, 7) is 4.25. The predicted octanol–water partition coefficient (Wildman–Crippen LogP) is 5.14. The van der Waals surface area contributed by atoms with E-state index in [-0.39, 0.29) is 0 Å². The van der Waals surface area contributed by atoms with E-state index in [4.69, 9.17) is 11.6 Å². The molecule has 1 aliphatic carbocycles. The van der Waals surface area contributed by atoms with E-state index < -0.39 is 0 Å². The Kier molecular flexibility index (Phi) is 3.27. The van der Waals surface area contributed by atoms with Crippen LogP contribution in [0.4, 0.5) is 0 Å². The van der Waals surface area contributed by atoms with Gasteiger partial charge in [-0.1, -0.05) is 61.2 Å². The monoisotopic (exact) mass is 266 g/mol. The molecule has 19 heavy (non-hydrogen) atoms. The normalized spacial score (nSPS) is 13.8. The van der Waals surface area contributed by atoms with Gasteiger partial charge in [-0.3, -0.25) is 0 Å². The minimum atomic E-state index is 0.624. The van der Waals surface area contributed by atoms with Crippen LogP contribution in [0, 0.1) is 0 Å². The summed E-state index contributed by atoms with van der Waals surface area (Å²) in [5, 5.41) is 0. The van der Waals surface area contributed by atoms with Gasteiger partial charge in [-0.25, -0.2) is 0 Å². The maximum atomic E-state index is 5.97. The van der Waals surface area contributed by atoms with Crippen molar-refractivity contribution in [3.63, 3.8) is 0 Å². The Hall–Kier alpha value is -1.79. The van der Waals surface area contributed by atoms with Crippen LogP contribution in [-0.2, 0) is 0 Å². The lowest BCUT2D eigenvalue weighted by Crippen LogP contribution is -1.89. The molecule has 0 spiro atoms. The van der Waals surface area contributed by atoms with Crippen molar-refractivity contribution in [2.24, 2.45) is 0 Å². The molecule has 0 unspecified atom stereocenters. The summed E-state index contributed by atoms with van der Waals surface area (Å²) in [6, 6.07) is 19.0. The molecule has 1 aliphatic rings. The first kappa shape index (κ1) is 12.3. The second-order valence-corrected chi connectivity index (χ2v) is 5.06. The van der Waals surface area contributed by atoms with Crippen LogP contribution in [0.5, 0.6) is 0 Å². The van der Waals surface area contributed by atoms with E-state index >= 15 is 0 Å². The molecule has 0 aromatic heterocycles. The molecule has 0 aliphatic heterocycles. The lowest BCUT2D eigenvalue weighted by Gasteiger charge is -2.08. The third-order valence-corrected chi connectivity index (χ3v) is 3.78. The molecule has 0 radical (unpaired) electrons. The second-order valence-electron chi connectivity index (χ2n) is 4.68. The molecule has 3 rings (SSSR count). The topological polar surface area (TPSA) is 0 Å². The zero-order chi connectivity index (χ0) is 13.2. The number of rotatable bonds is 3. The van der Waals surface area contributed by atoms with E-state index in [2.05, 4.69) is 55.1 Å². The fraction of sp³-hybridized carbons (Fsp3) is 0.111. The van der Waals surface area contributed by atoms with Crippen LogP contribution in [0.15, 0.2) is 66.7 Å². The van der Waals surface area contributed by atoms with Gasteiger partial charge >= 0.3 is 0 Å². The van der Waals surface area contributed by atoms with Gasteiger partial charge in [0.1, 0.15) is 0 Å². The van der Waals surface area contributed by atoms with Crippen molar-refractivity contribution in [3.8, 4) is 0 Å². The Morgan fingerprint density at radius 1 is 0.842 bits per heavy atom. The largest absolute Gasteiger partial charge is 0.126 e. The molecule has 0 fully saturated rings. The minimum Gasteiger partial charge on any atom is -0.126 e. The van der Waals surface area contributed by atoms with Crippen molar-refractivity contribution < 1.29 is 0 Å². The molecule has 0 amide bonds. The summed E-state index contributed by atoms with van der Waals surface area (Å²) in [6.07, 6.45) is 0.860. The van der Waals surface area contributed by atoms with E-state index in [1.807, 2.05) is 6.07 Å². The van der Waals surface area contributed by atoms with Crippen LogP contribution in [0.25, 0.3) is 11.1 Å². The van der Waals surface area contributed by atoms with Gasteiger partial charge in [0.05, 0.1) is 0 Å². The SMILES string of the molecule is C=C1C(CCCl)=C(c2ccccc2)c2ccccc21. The van der Waals surface area contributed by atoms with Gasteiger partial charge < -0.3 is 0 Å². The number of halogens is 1. The van der Waals surface area contributed by atoms with E-state index in [0.29, 0.717) is 5.88 Å². The van der Waals surface area contributed by atoms with Crippen molar-refractivity contribution in [1.82, 2.24) is 0 Å². The van der Waals surface area contributed by atoms with Crippen molar-refractivity contribution >= 4 is 22.7 Å².